The van der Waals surface area contributed by atoms with Gasteiger partial charge in [-0.05, 0) is 55.0 Å². The minimum Gasteiger partial charge on any atom is -0.477 e. The van der Waals surface area contributed by atoms with Crippen LogP contribution in [0.15, 0.2) is 35.1 Å². The number of fused-ring (bicyclic) bond motifs is 1. The predicted molar refractivity (Wildman–Crippen MR) is 93.8 cm³/mol. The van der Waals surface area contributed by atoms with Crippen molar-refractivity contribution in [2.75, 3.05) is 0 Å². The number of hydrogen-bond acceptors (Lipinski definition) is 3. The predicted octanol–water partition coefficient (Wildman–Crippen LogP) is 3.13. The van der Waals surface area contributed by atoms with Crippen LogP contribution in [0.3, 0.4) is 0 Å². The molecule has 3 rings (SSSR count). The zero-order valence-corrected chi connectivity index (χ0v) is 14.0. The van der Waals surface area contributed by atoms with Gasteiger partial charge in [-0.15, -0.1) is 0 Å². The van der Waals surface area contributed by atoms with Crippen LogP contribution in [-0.4, -0.2) is 15.6 Å². The number of benzene rings is 1. The van der Waals surface area contributed by atoms with Crippen LogP contribution in [0.5, 0.6) is 0 Å². The van der Waals surface area contributed by atoms with Gasteiger partial charge >= 0.3 is 5.97 Å². The number of aryl methyl sites for hydroxylation is 1. The van der Waals surface area contributed by atoms with Crippen LogP contribution in [0.25, 0.3) is 0 Å². The second kappa shape index (κ2) is 7.35. The van der Waals surface area contributed by atoms with Crippen LogP contribution < -0.4 is 5.56 Å². The molecule has 0 bridgehead atoms. The summed E-state index contributed by atoms with van der Waals surface area (Å²) >= 11 is 0. The Hall–Kier alpha value is -2.87. The number of nitrogens with zero attached hydrogens (tertiary/aromatic N) is 2. The Morgan fingerprint density at radius 2 is 1.80 bits per heavy atom. The van der Waals surface area contributed by atoms with Crippen molar-refractivity contribution in [2.45, 2.75) is 45.1 Å². The molecule has 0 aliphatic heterocycles. The number of nitriles is 1. The molecule has 0 saturated heterocycles. The van der Waals surface area contributed by atoms with E-state index in [0.717, 1.165) is 55.3 Å². The first-order chi connectivity index (χ1) is 12.1. The monoisotopic (exact) mass is 336 g/mol. The topological polar surface area (TPSA) is 83.1 Å². The van der Waals surface area contributed by atoms with Crippen molar-refractivity contribution in [1.29, 1.82) is 5.26 Å². The molecule has 0 amide bonds. The molecular weight excluding hydrogens is 316 g/mol. The smallest absolute Gasteiger partial charge is 0.341 e. The van der Waals surface area contributed by atoms with Crippen molar-refractivity contribution in [2.24, 2.45) is 0 Å². The van der Waals surface area contributed by atoms with Crippen LogP contribution in [0.4, 0.5) is 0 Å². The van der Waals surface area contributed by atoms with E-state index < -0.39 is 11.5 Å². The Kier molecular flexibility index (Phi) is 4.99. The number of pyridine rings is 1. The molecule has 0 unspecified atom stereocenters. The number of aromatic carboxylic acids is 1. The van der Waals surface area contributed by atoms with E-state index in [1.165, 1.54) is 0 Å². The third-order valence-electron chi connectivity index (χ3n) is 4.75. The average molecular weight is 336 g/mol. The molecule has 1 heterocycles. The van der Waals surface area contributed by atoms with E-state index in [1.54, 1.807) is 22.8 Å². The lowest BCUT2D eigenvalue weighted by Crippen LogP contribution is -2.31. The van der Waals surface area contributed by atoms with Gasteiger partial charge in [-0.3, -0.25) is 4.79 Å². The van der Waals surface area contributed by atoms with Gasteiger partial charge in [0.2, 0.25) is 0 Å². The normalized spacial score (nSPS) is 14.0. The highest BCUT2D eigenvalue weighted by atomic mass is 16.4. The first kappa shape index (κ1) is 17.0. The van der Waals surface area contributed by atoms with Gasteiger partial charge in [0.15, 0.2) is 0 Å². The highest BCUT2D eigenvalue weighted by Gasteiger charge is 2.19. The van der Waals surface area contributed by atoms with Gasteiger partial charge in [0.05, 0.1) is 18.2 Å². The summed E-state index contributed by atoms with van der Waals surface area (Å²) in [6.07, 6.45) is 5.89. The second-order valence-corrected chi connectivity index (χ2v) is 6.45. The summed E-state index contributed by atoms with van der Waals surface area (Å²) < 4.78 is 1.62. The Morgan fingerprint density at radius 3 is 2.44 bits per heavy atom. The fraction of sp³-hybridized carbons (Fsp3) is 0.350. The summed E-state index contributed by atoms with van der Waals surface area (Å²) in [5.74, 6) is -1.18. The number of hydrogen-bond donors (Lipinski definition) is 1. The van der Waals surface area contributed by atoms with Gasteiger partial charge in [0, 0.05) is 5.69 Å². The lowest BCUT2D eigenvalue weighted by Gasteiger charge is -2.20. The SMILES string of the molecule is N#Cc1ccc(Cn2c3c(cc(C(=O)O)c2=O)CCCCCC3)cc1. The number of aromatic nitrogens is 1. The molecule has 1 aliphatic rings. The van der Waals surface area contributed by atoms with Gasteiger partial charge in [0.25, 0.3) is 5.56 Å². The van der Waals surface area contributed by atoms with E-state index in [1.807, 2.05) is 12.1 Å². The number of carboxylic acids is 1. The van der Waals surface area contributed by atoms with E-state index in [0.29, 0.717) is 12.1 Å². The lowest BCUT2D eigenvalue weighted by molar-refractivity contribution is 0.0694. The first-order valence-electron chi connectivity index (χ1n) is 8.58. The first-order valence-corrected chi connectivity index (χ1v) is 8.58. The molecule has 0 atom stereocenters. The number of carbonyl (C=O) groups is 1. The third-order valence-corrected chi connectivity index (χ3v) is 4.75. The van der Waals surface area contributed by atoms with E-state index in [4.69, 9.17) is 5.26 Å². The van der Waals surface area contributed by atoms with Gasteiger partial charge in [-0.1, -0.05) is 25.0 Å². The summed E-state index contributed by atoms with van der Waals surface area (Å²) in [7, 11) is 0. The zero-order valence-electron chi connectivity index (χ0n) is 14.0. The van der Waals surface area contributed by atoms with Crippen molar-refractivity contribution in [1.82, 2.24) is 4.57 Å². The minimum absolute atomic E-state index is 0.159. The van der Waals surface area contributed by atoms with E-state index in [2.05, 4.69) is 6.07 Å². The molecule has 5 heteroatoms. The van der Waals surface area contributed by atoms with Crippen LogP contribution in [-0.2, 0) is 19.4 Å². The highest BCUT2D eigenvalue weighted by molar-refractivity contribution is 5.87. The Bertz CT molecular complexity index is 889. The maximum atomic E-state index is 12.7. The molecule has 5 nitrogen and oxygen atoms in total. The summed E-state index contributed by atoms with van der Waals surface area (Å²) in [5.41, 5.74) is 2.77. The van der Waals surface area contributed by atoms with Crippen LogP contribution in [0.2, 0.25) is 0 Å². The molecule has 0 saturated carbocycles. The molecule has 128 valence electrons. The average Bonchev–Trinajstić information content (AvgIpc) is 2.58. The molecule has 0 fully saturated rings. The molecule has 1 aliphatic carbocycles. The number of carboxylic acid groups (broad SMARTS) is 1. The molecule has 0 spiro atoms. The Labute approximate surface area is 146 Å². The van der Waals surface area contributed by atoms with Gasteiger partial charge in [-0.2, -0.15) is 5.26 Å². The highest BCUT2D eigenvalue weighted by Crippen LogP contribution is 2.21. The molecule has 1 aromatic heterocycles. The van der Waals surface area contributed by atoms with Crippen LogP contribution >= 0.6 is 0 Å². The second-order valence-electron chi connectivity index (χ2n) is 6.45. The van der Waals surface area contributed by atoms with Crippen LogP contribution in [0.1, 0.15) is 58.4 Å². The summed E-state index contributed by atoms with van der Waals surface area (Å²) in [6, 6.07) is 10.7. The molecule has 1 N–H and O–H groups in total. The fourth-order valence-corrected chi connectivity index (χ4v) is 3.42. The standard InChI is InChI=1S/C20H20N2O3/c21-12-14-7-9-15(10-8-14)13-22-18-6-4-2-1-3-5-16(18)11-17(19(22)23)20(24)25/h7-11H,1-6,13H2,(H,24,25). The van der Waals surface area contributed by atoms with Crippen molar-refractivity contribution < 1.29 is 9.90 Å². The van der Waals surface area contributed by atoms with E-state index in [-0.39, 0.29) is 5.56 Å². The maximum Gasteiger partial charge on any atom is 0.341 e. The molecule has 0 radical (unpaired) electrons. The quantitative estimate of drug-likeness (QED) is 0.933. The van der Waals surface area contributed by atoms with Gasteiger partial charge in [-0.25, -0.2) is 4.79 Å². The summed E-state index contributed by atoms with van der Waals surface area (Å²) in [4.78, 5) is 24.2. The van der Waals surface area contributed by atoms with Crippen molar-refractivity contribution >= 4 is 5.97 Å². The summed E-state index contributed by atoms with van der Waals surface area (Å²) in [5, 5.41) is 18.3. The van der Waals surface area contributed by atoms with E-state index >= 15 is 0 Å². The number of rotatable bonds is 3. The molecule has 25 heavy (non-hydrogen) atoms. The lowest BCUT2D eigenvalue weighted by atomic mass is 9.95. The van der Waals surface area contributed by atoms with Gasteiger partial charge in [0.1, 0.15) is 5.56 Å². The Balaban J connectivity index is 2.10. The Morgan fingerprint density at radius 1 is 1.12 bits per heavy atom. The van der Waals surface area contributed by atoms with Crippen molar-refractivity contribution in [3.8, 4) is 6.07 Å². The fourth-order valence-electron chi connectivity index (χ4n) is 3.42. The molecular formula is C20H20N2O3. The van der Waals surface area contributed by atoms with Crippen molar-refractivity contribution in [3.63, 3.8) is 0 Å². The van der Waals surface area contributed by atoms with Crippen LogP contribution in [0, 0.1) is 11.3 Å². The van der Waals surface area contributed by atoms with Gasteiger partial charge < -0.3 is 9.67 Å². The minimum atomic E-state index is -1.18. The molecule has 2 aromatic rings. The molecule has 1 aromatic carbocycles. The summed E-state index contributed by atoms with van der Waals surface area (Å²) in [6.45, 7) is 0.327. The largest absolute Gasteiger partial charge is 0.477 e. The maximum absolute atomic E-state index is 12.7. The third kappa shape index (κ3) is 3.63. The van der Waals surface area contributed by atoms with Crippen molar-refractivity contribution in [3.05, 3.63) is 68.6 Å². The van der Waals surface area contributed by atoms with E-state index in [9.17, 15) is 14.7 Å². The zero-order chi connectivity index (χ0) is 17.8.